The van der Waals surface area contributed by atoms with Gasteiger partial charge in [0, 0.05) is 0 Å². The van der Waals surface area contributed by atoms with Crippen LogP contribution in [0.25, 0.3) is 0 Å². The van der Waals surface area contributed by atoms with Crippen LogP contribution in [0.5, 0.6) is 0 Å². The lowest BCUT2D eigenvalue weighted by molar-refractivity contribution is -0.144. The lowest BCUT2D eigenvalue weighted by Crippen LogP contribution is -2.34. The van der Waals surface area contributed by atoms with Crippen molar-refractivity contribution in [2.75, 3.05) is 6.61 Å². The molecule has 1 rings (SSSR count). The van der Waals surface area contributed by atoms with E-state index in [0.717, 1.165) is 5.56 Å². The number of halogens is 3. The van der Waals surface area contributed by atoms with E-state index in [2.05, 4.69) is 15.9 Å². The Hall–Kier alpha value is -0.650. The monoisotopic (exact) mass is 325 g/mol. The zero-order valence-corrected chi connectivity index (χ0v) is 11.7. The van der Waals surface area contributed by atoms with Gasteiger partial charge in [-0.1, -0.05) is 6.07 Å². The van der Waals surface area contributed by atoms with Crippen LogP contribution in [0, 0.1) is 5.82 Å². The molecule has 0 spiro atoms. The third-order valence-corrected chi connectivity index (χ3v) is 2.64. The van der Waals surface area contributed by atoms with Crippen LogP contribution >= 0.6 is 28.3 Å². The molecule has 0 heterocycles. The van der Waals surface area contributed by atoms with Crippen molar-refractivity contribution in [3.8, 4) is 0 Å². The first-order valence-electron chi connectivity index (χ1n) is 4.90. The van der Waals surface area contributed by atoms with Gasteiger partial charge in [0.1, 0.15) is 11.9 Å². The topological polar surface area (TPSA) is 52.3 Å². The molecule has 96 valence electrons. The minimum absolute atomic E-state index is 0. The first-order valence-corrected chi connectivity index (χ1v) is 5.70. The van der Waals surface area contributed by atoms with Gasteiger partial charge in [0.2, 0.25) is 0 Å². The fraction of sp³-hybridized carbons (Fsp3) is 0.364. The SMILES string of the molecule is CCOC(=O)[C@@H](N)Cc1ccc(F)c(Br)c1.Cl. The molecule has 2 N–H and O–H groups in total. The minimum Gasteiger partial charge on any atom is -0.465 e. The van der Waals surface area contributed by atoms with Crippen LogP contribution in [-0.2, 0) is 16.0 Å². The van der Waals surface area contributed by atoms with Crippen molar-refractivity contribution >= 4 is 34.3 Å². The van der Waals surface area contributed by atoms with Gasteiger partial charge in [-0.2, -0.15) is 0 Å². The predicted octanol–water partition coefficient (Wildman–Crippen LogP) is 2.44. The van der Waals surface area contributed by atoms with Gasteiger partial charge < -0.3 is 10.5 Å². The summed E-state index contributed by atoms with van der Waals surface area (Å²) in [6, 6.07) is 3.82. The van der Waals surface area contributed by atoms with Crippen molar-refractivity contribution in [3.63, 3.8) is 0 Å². The maximum atomic E-state index is 12.9. The summed E-state index contributed by atoms with van der Waals surface area (Å²) in [5.41, 5.74) is 6.43. The Morgan fingerprint density at radius 3 is 2.76 bits per heavy atom. The number of benzene rings is 1. The second-order valence-corrected chi connectivity index (χ2v) is 4.17. The fourth-order valence-electron chi connectivity index (χ4n) is 1.25. The summed E-state index contributed by atoms with van der Waals surface area (Å²) in [5.74, 6) is -0.781. The maximum absolute atomic E-state index is 12.9. The molecule has 17 heavy (non-hydrogen) atoms. The van der Waals surface area contributed by atoms with Crippen LogP contribution < -0.4 is 5.73 Å². The molecule has 0 unspecified atom stereocenters. The smallest absolute Gasteiger partial charge is 0.323 e. The molecule has 0 saturated carbocycles. The molecule has 0 bridgehead atoms. The molecule has 6 heteroatoms. The van der Waals surface area contributed by atoms with E-state index in [1.807, 2.05) is 0 Å². The average molecular weight is 327 g/mol. The van der Waals surface area contributed by atoms with Crippen molar-refractivity contribution in [3.05, 3.63) is 34.1 Å². The number of hydrogen-bond acceptors (Lipinski definition) is 3. The van der Waals surface area contributed by atoms with E-state index in [9.17, 15) is 9.18 Å². The van der Waals surface area contributed by atoms with Crippen molar-refractivity contribution in [2.45, 2.75) is 19.4 Å². The third kappa shape index (κ3) is 5.02. The minimum atomic E-state index is -0.711. The van der Waals surface area contributed by atoms with Gasteiger partial charge in [0.25, 0.3) is 0 Å². The molecule has 1 aromatic rings. The Morgan fingerprint density at radius 2 is 2.24 bits per heavy atom. The van der Waals surface area contributed by atoms with Gasteiger partial charge in [0.15, 0.2) is 0 Å². The zero-order chi connectivity index (χ0) is 12.1. The molecule has 0 aliphatic heterocycles. The lowest BCUT2D eigenvalue weighted by Gasteiger charge is -2.10. The molecule has 0 aliphatic rings. The molecule has 0 aliphatic carbocycles. The average Bonchev–Trinajstić information content (AvgIpc) is 2.24. The molecule has 3 nitrogen and oxygen atoms in total. The van der Waals surface area contributed by atoms with Crippen LogP contribution in [0.4, 0.5) is 4.39 Å². The Labute approximate surface area is 114 Å². The molecule has 1 aromatic carbocycles. The lowest BCUT2D eigenvalue weighted by atomic mass is 10.1. The Balaban J connectivity index is 0.00000256. The summed E-state index contributed by atoms with van der Waals surface area (Å²) >= 11 is 3.07. The molecule has 1 atom stereocenters. The van der Waals surface area contributed by atoms with E-state index >= 15 is 0 Å². The summed E-state index contributed by atoms with van der Waals surface area (Å²) in [4.78, 5) is 11.3. The first kappa shape index (κ1) is 16.4. The quantitative estimate of drug-likeness (QED) is 0.865. The maximum Gasteiger partial charge on any atom is 0.323 e. The van der Waals surface area contributed by atoms with E-state index in [1.54, 1.807) is 19.1 Å². The Kier molecular flexibility index (Phi) is 7.34. The third-order valence-electron chi connectivity index (χ3n) is 2.03. The standard InChI is InChI=1S/C11H13BrFNO2.ClH/c1-2-16-11(15)10(14)6-7-3-4-9(13)8(12)5-7;/h3-5,10H,2,6,14H2,1H3;1H/t10-;/m0./s1. The van der Waals surface area contributed by atoms with Gasteiger partial charge in [-0.25, -0.2) is 4.39 Å². The molecule has 0 radical (unpaired) electrons. The molecule has 0 saturated heterocycles. The molecule has 0 aromatic heterocycles. The molecular weight excluding hydrogens is 312 g/mol. The van der Waals surface area contributed by atoms with Crippen molar-refractivity contribution < 1.29 is 13.9 Å². The van der Waals surface area contributed by atoms with Gasteiger partial charge in [-0.05, 0) is 47.0 Å². The second-order valence-electron chi connectivity index (χ2n) is 3.31. The van der Waals surface area contributed by atoms with E-state index < -0.39 is 12.0 Å². The van der Waals surface area contributed by atoms with Crippen LogP contribution in [-0.4, -0.2) is 18.6 Å². The number of ether oxygens (including phenoxy) is 1. The van der Waals surface area contributed by atoms with E-state index in [4.69, 9.17) is 10.5 Å². The second kappa shape index (κ2) is 7.63. The van der Waals surface area contributed by atoms with Gasteiger partial charge >= 0.3 is 5.97 Å². The summed E-state index contributed by atoms with van der Waals surface area (Å²) < 4.78 is 18.1. The highest BCUT2D eigenvalue weighted by atomic mass is 79.9. The van der Waals surface area contributed by atoms with Crippen molar-refractivity contribution in [2.24, 2.45) is 5.73 Å². The number of hydrogen-bond donors (Lipinski definition) is 1. The molecule has 0 fully saturated rings. The normalized spacial score (nSPS) is 11.5. The van der Waals surface area contributed by atoms with Gasteiger partial charge in [-0.3, -0.25) is 4.79 Å². The summed E-state index contributed by atoms with van der Waals surface area (Å²) in [6.07, 6.45) is 0.331. The highest BCUT2D eigenvalue weighted by Gasteiger charge is 2.15. The largest absolute Gasteiger partial charge is 0.465 e. The van der Waals surface area contributed by atoms with Gasteiger partial charge in [0.05, 0.1) is 11.1 Å². The van der Waals surface area contributed by atoms with E-state index in [1.165, 1.54) is 6.07 Å². The Morgan fingerprint density at radius 1 is 1.59 bits per heavy atom. The predicted molar refractivity (Wildman–Crippen MR) is 69.7 cm³/mol. The van der Waals surface area contributed by atoms with Crippen LogP contribution in [0.2, 0.25) is 0 Å². The van der Waals surface area contributed by atoms with Crippen molar-refractivity contribution in [1.82, 2.24) is 0 Å². The number of nitrogens with two attached hydrogens (primary N) is 1. The number of rotatable bonds is 4. The van der Waals surface area contributed by atoms with Crippen LogP contribution in [0.1, 0.15) is 12.5 Å². The molecular formula is C11H14BrClFNO2. The number of esters is 1. The first-order chi connectivity index (χ1) is 7.54. The Bertz CT molecular complexity index is 390. The number of carbonyl (C=O) groups is 1. The van der Waals surface area contributed by atoms with E-state index in [-0.39, 0.29) is 18.2 Å². The summed E-state index contributed by atoms with van der Waals surface area (Å²) in [7, 11) is 0. The van der Waals surface area contributed by atoms with Crippen LogP contribution in [0.15, 0.2) is 22.7 Å². The van der Waals surface area contributed by atoms with E-state index in [0.29, 0.717) is 17.5 Å². The highest BCUT2D eigenvalue weighted by Crippen LogP contribution is 2.17. The number of carbonyl (C=O) groups excluding carboxylic acids is 1. The summed E-state index contributed by atoms with van der Waals surface area (Å²) in [6.45, 7) is 2.03. The van der Waals surface area contributed by atoms with Crippen LogP contribution in [0.3, 0.4) is 0 Å². The highest BCUT2D eigenvalue weighted by molar-refractivity contribution is 9.10. The zero-order valence-electron chi connectivity index (χ0n) is 9.28. The van der Waals surface area contributed by atoms with Gasteiger partial charge in [-0.15, -0.1) is 12.4 Å². The van der Waals surface area contributed by atoms with Crippen molar-refractivity contribution in [1.29, 1.82) is 0 Å². The molecule has 0 amide bonds. The fourth-order valence-corrected chi connectivity index (χ4v) is 1.68. The summed E-state index contributed by atoms with van der Waals surface area (Å²) in [5, 5.41) is 0.